The second-order valence-corrected chi connectivity index (χ2v) is 7.17. The first kappa shape index (κ1) is 15.9. The number of fused-ring (bicyclic) bond motifs is 3. The van der Waals surface area contributed by atoms with E-state index in [0.29, 0.717) is 0 Å². The topological polar surface area (TPSA) is 29.9 Å². The van der Waals surface area contributed by atoms with Crippen molar-refractivity contribution in [3.63, 3.8) is 0 Å². The average Bonchev–Trinajstić information content (AvgIpc) is 3.07. The van der Waals surface area contributed by atoms with Gasteiger partial charge in [0.15, 0.2) is 0 Å². The number of nitrogens with zero attached hydrogens (tertiary/aromatic N) is 2. The lowest BCUT2D eigenvalue weighted by atomic mass is 9.97. The average molecular weight is 351 g/mol. The van der Waals surface area contributed by atoms with Crippen LogP contribution in [-0.2, 0) is 0 Å². The number of rotatable bonds is 2. The Bertz CT molecular complexity index is 1170. The summed E-state index contributed by atoms with van der Waals surface area (Å²) in [7, 11) is 0. The number of imidazole rings is 1. The van der Waals surface area contributed by atoms with Crippen LogP contribution in [0.5, 0.6) is 0 Å². The van der Waals surface area contributed by atoms with Crippen LogP contribution in [0.15, 0.2) is 78.9 Å². The van der Waals surface area contributed by atoms with Crippen LogP contribution in [0, 0.1) is 13.8 Å². The van der Waals surface area contributed by atoms with E-state index in [4.69, 9.17) is 4.98 Å². The van der Waals surface area contributed by atoms with Gasteiger partial charge in [0.1, 0.15) is 0 Å². The van der Waals surface area contributed by atoms with E-state index in [0.717, 1.165) is 22.7 Å². The minimum Gasteiger partial charge on any atom is -0.325 e. The number of para-hydroxylation sites is 2. The zero-order valence-corrected chi connectivity index (χ0v) is 15.5. The molecule has 3 aromatic carbocycles. The minimum atomic E-state index is 0.103. The van der Waals surface area contributed by atoms with Gasteiger partial charge < -0.3 is 5.32 Å². The van der Waals surface area contributed by atoms with Gasteiger partial charge in [0.25, 0.3) is 0 Å². The lowest BCUT2D eigenvalue weighted by molar-refractivity contribution is 0.716. The van der Waals surface area contributed by atoms with Crippen molar-refractivity contribution in [3.05, 3.63) is 101 Å². The molecule has 1 aliphatic heterocycles. The Kier molecular flexibility index (Phi) is 3.61. The zero-order chi connectivity index (χ0) is 18.4. The molecule has 0 saturated heterocycles. The molecule has 0 radical (unpaired) electrons. The molecule has 0 bridgehead atoms. The van der Waals surface area contributed by atoms with E-state index in [1.54, 1.807) is 0 Å². The van der Waals surface area contributed by atoms with Crippen molar-refractivity contribution in [1.29, 1.82) is 0 Å². The van der Waals surface area contributed by atoms with E-state index >= 15 is 0 Å². The van der Waals surface area contributed by atoms with Gasteiger partial charge in [-0.3, -0.25) is 4.57 Å². The van der Waals surface area contributed by atoms with Crippen molar-refractivity contribution < 1.29 is 0 Å². The van der Waals surface area contributed by atoms with Crippen LogP contribution in [0.4, 0.5) is 5.95 Å². The second-order valence-electron chi connectivity index (χ2n) is 7.17. The number of anilines is 1. The highest BCUT2D eigenvalue weighted by Crippen LogP contribution is 2.37. The van der Waals surface area contributed by atoms with Gasteiger partial charge in [-0.1, -0.05) is 66.2 Å². The summed E-state index contributed by atoms with van der Waals surface area (Å²) in [6.07, 6.45) is 2.31. The molecular formula is C24H21N3. The summed E-state index contributed by atoms with van der Waals surface area (Å²) in [5, 5.41) is 3.55. The monoisotopic (exact) mass is 351 g/mol. The fourth-order valence-electron chi connectivity index (χ4n) is 3.86. The molecule has 1 N–H and O–H groups in total. The summed E-state index contributed by atoms with van der Waals surface area (Å²) in [4.78, 5) is 4.86. The molecule has 4 aromatic rings. The fourth-order valence-corrected chi connectivity index (χ4v) is 3.86. The summed E-state index contributed by atoms with van der Waals surface area (Å²) in [5.74, 6) is 0.891. The molecule has 5 rings (SSSR count). The van der Waals surface area contributed by atoms with Crippen molar-refractivity contribution in [3.8, 4) is 0 Å². The van der Waals surface area contributed by atoms with Crippen molar-refractivity contribution in [2.75, 3.05) is 5.32 Å². The molecule has 1 unspecified atom stereocenters. The molecule has 2 heterocycles. The van der Waals surface area contributed by atoms with Gasteiger partial charge in [-0.15, -0.1) is 0 Å². The highest BCUT2D eigenvalue weighted by Gasteiger charge is 2.25. The summed E-state index contributed by atoms with van der Waals surface area (Å²) >= 11 is 0. The number of aryl methyl sites for hydroxylation is 2. The predicted octanol–water partition coefficient (Wildman–Crippen LogP) is 5.71. The van der Waals surface area contributed by atoms with Crippen LogP contribution in [0.3, 0.4) is 0 Å². The van der Waals surface area contributed by atoms with Crippen molar-refractivity contribution >= 4 is 22.7 Å². The largest absolute Gasteiger partial charge is 0.325 e. The quantitative estimate of drug-likeness (QED) is 0.501. The van der Waals surface area contributed by atoms with E-state index in [2.05, 4.69) is 96.5 Å². The van der Waals surface area contributed by atoms with Gasteiger partial charge in [0.2, 0.25) is 5.95 Å². The van der Waals surface area contributed by atoms with E-state index in [1.165, 1.54) is 22.3 Å². The van der Waals surface area contributed by atoms with Crippen molar-refractivity contribution in [2.24, 2.45) is 0 Å². The van der Waals surface area contributed by atoms with Crippen LogP contribution in [0.25, 0.3) is 16.7 Å². The van der Waals surface area contributed by atoms with Gasteiger partial charge in [0.05, 0.1) is 17.1 Å². The Hall–Kier alpha value is -3.33. The number of allylic oxidation sites excluding steroid dienone is 1. The maximum Gasteiger partial charge on any atom is 0.209 e. The van der Waals surface area contributed by atoms with E-state index in [1.807, 2.05) is 6.07 Å². The van der Waals surface area contributed by atoms with Gasteiger partial charge >= 0.3 is 0 Å². The van der Waals surface area contributed by atoms with Crippen LogP contribution >= 0.6 is 0 Å². The Morgan fingerprint density at radius 2 is 1.59 bits per heavy atom. The standard InChI is InChI=1S/C24H21N3/c1-16-11-13-18(14-12-16)21-15-23(19-8-4-3-7-17(19)2)27-22-10-6-5-9-20(22)25-24(27)26-21/h3-15,23H,1-2H3,(H,25,26). The first-order valence-electron chi connectivity index (χ1n) is 9.29. The number of hydrogen-bond donors (Lipinski definition) is 1. The van der Waals surface area contributed by atoms with Crippen LogP contribution < -0.4 is 5.32 Å². The fraction of sp³-hybridized carbons (Fsp3) is 0.125. The molecule has 0 saturated carbocycles. The third kappa shape index (κ3) is 2.63. The first-order chi connectivity index (χ1) is 13.2. The summed E-state index contributed by atoms with van der Waals surface area (Å²) in [6.45, 7) is 4.29. The van der Waals surface area contributed by atoms with E-state index < -0.39 is 0 Å². The number of hydrogen-bond acceptors (Lipinski definition) is 2. The number of aromatic nitrogens is 2. The third-order valence-electron chi connectivity index (χ3n) is 5.31. The summed E-state index contributed by atoms with van der Waals surface area (Å²) in [6, 6.07) is 25.7. The summed E-state index contributed by atoms with van der Waals surface area (Å²) < 4.78 is 2.30. The summed E-state index contributed by atoms with van der Waals surface area (Å²) in [5.41, 5.74) is 8.28. The lowest BCUT2D eigenvalue weighted by Gasteiger charge is -2.27. The molecule has 3 heteroatoms. The number of benzene rings is 3. The van der Waals surface area contributed by atoms with Crippen molar-refractivity contribution in [1.82, 2.24) is 9.55 Å². The van der Waals surface area contributed by atoms with Gasteiger partial charge in [-0.05, 0) is 48.7 Å². The minimum absolute atomic E-state index is 0.103. The lowest BCUT2D eigenvalue weighted by Crippen LogP contribution is -2.19. The number of nitrogens with one attached hydrogen (secondary N) is 1. The molecule has 27 heavy (non-hydrogen) atoms. The normalized spacial score (nSPS) is 15.9. The molecule has 3 nitrogen and oxygen atoms in total. The molecule has 0 fully saturated rings. The van der Waals surface area contributed by atoms with Crippen LogP contribution in [-0.4, -0.2) is 9.55 Å². The molecule has 132 valence electrons. The Labute approximate surface area is 159 Å². The van der Waals surface area contributed by atoms with Gasteiger partial charge in [0, 0.05) is 5.70 Å². The van der Waals surface area contributed by atoms with Crippen LogP contribution in [0.1, 0.15) is 28.3 Å². The molecule has 0 aliphatic carbocycles. The second kappa shape index (κ2) is 6.13. The van der Waals surface area contributed by atoms with Crippen molar-refractivity contribution in [2.45, 2.75) is 19.9 Å². The predicted molar refractivity (Wildman–Crippen MR) is 112 cm³/mol. The first-order valence-corrected chi connectivity index (χ1v) is 9.29. The molecule has 0 spiro atoms. The Morgan fingerprint density at radius 1 is 0.852 bits per heavy atom. The molecule has 1 aliphatic rings. The van der Waals surface area contributed by atoms with Gasteiger partial charge in [-0.25, -0.2) is 4.98 Å². The third-order valence-corrected chi connectivity index (χ3v) is 5.31. The van der Waals surface area contributed by atoms with E-state index in [9.17, 15) is 0 Å². The molecule has 0 amide bonds. The van der Waals surface area contributed by atoms with Gasteiger partial charge in [-0.2, -0.15) is 0 Å². The highest BCUT2D eigenvalue weighted by atomic mass is 15.2. The molecule has 1 atom stereocenters. The molecule has 1 aromatic heterocycles. The molecular weight excluding hydrogens is 330 g/mol. The SMILES string of the molecule is Cc1ccc(C2=CC(c3ccccc3C)n3c(nc4ccccc43)N2)cc1. The van der Waals surface area contributed by atoms with E-state index in [-0.39, 0.29) is 6.04 Å². The maximum atomic E-state index is 4.86. The smallest absolute Gasteiger partial charge is 0.209 e. The Morgan fingerprint density at radius 3 is 2.41 bits per heavy atom. The maximum absolute atomic E-state index is 4.86. The Balaban J connectivity index is 1.74. The van der Waals surface area contributed by atoms with Crippen LogP contribution in [0.2, 0.25) is 0 Å². The zero-order valence-electron chi connectivity index (χ0n) is 15.5. The highest BCUT2D eigenvalue weighted by molar-refractivity contribution is 5.85.